The minimum absolute atomic E-state index is 0.237. The molecule has 0 aromatic carbocycles. The average Bonchev–Trinajstić information content (AvgIpc) is 2.54. The Morgan fingerprint density at radius 1 is 1.46 bits per heavy atom. The van der Waals surface area contributed by atoms with E-state index in [1.165, 1.54) is 14.1 Å². The van der Waals surface area contributed by atoms with E-state index >= 15 is 0 Å². The normalized spacial score (nSPS) is 26.8. The molecule has 0 amide bonds. The number of hydrogen-bond donors (Lipinski definition) is 0. The summed E-state index contributed by atoms with van der Waals surface area (Å²) in [6.45, 7) is 0.306. The van der Waals surface area contributed by atoms with Gasteiger partial charge in [0.2, 0.25) is 6.30 Å². The minimum Gasteiger partial charge on any atom is -0.372 e. The summed E-state index contributed by atoms with van der Waals surface area (Å²) in [5.74, 6) is -3.40. The quantitative estimate of drug-likeness (QED) is 0.638. The number of alkyl halides is 3. The van der Waals surface area contributed by atoms with Crippen molar-refractivity contribution in [1.82, 2.24) is 4.90 Å². The molecule has 2 atom stereocenters. The van der Waals surface area contributed by atoms with Crippen LogP contribution in [0, 0.1) is 0 Å². The lowest BCUT2D eigenvalue weighted by atomic mass is 10.1. The summed E-state index contributed by atoms with van der Waals surface area (Å²) < 4.78 is 44.3. The second kappa shape index (κ2) is 3.84. The van der Waals surface area contributed by atoms with Crippen LogP contribution < -0.4 is 0 Å². The van der Waals surface area contributed by atoms with Gasteiger partial charge in [0, 0.05) is 6.61 Å². The molecule has 0 spiro atoms. The largest absolute Gasteiger partial charge is 0.372 e. The highest BCUT2D eigenvalue weighted by Crippen LogP contribution is 2.34. The molecular formula is C8H14F3NO. The van der Waals surface area contributed by atoms with Gasteiger partial charge in [-0.2, -0.15) is 8.78 Å². The average molecular weight is 197 g/mol. The second-order valence-corrected chi connectivity index (χ2v) is 3.48. The van der Waals surface area contributed by atoms with Gasteiger partial charge in [0.1, 0.15) is 6.10 Å². The molecule has 1 aliphatic heterocycles. The van der Waals surface area contributed by atoms with Crippen molar-refractivity contribution in [3.63, 3.8) is 0 Å². The van der Waals surface area contributed by atoms with Crippen LogP contribution in [0.2, 0.25) is 0 Å². The summed E-state index contributed by atoms with van der Waals surface area (Å²) in [4.78, 5) is 0.863. The zero-order chi connectivity index (χ0) is 10.1. The van der Waals surface area contributed by atoms with Gasteiger partial charge in [-0.15, -0.1) is 0 Å². The van der Waals surface area contributed by atoms with E-state index in [0.29, 0.717) is 13.0 Å². The SMILES string of the molecule is CN(C)C(F)C(F)(F)C1CCCO1. The van der Waals surface area contributed by atoms with Gasteiger partial charge in [-0.05, 0) is 26.9 Å². The molecule has 2 unspecified atom stereocenters. The highest BCUT2D eigenvalue weighted by molar-refractivity contribution is 4.86. The van der Waals surface area contributed by atoms with Crippen LogP contribution in [0.25, 0.3) is 0 Å². The summed E-state index contributed by atoms with van der Waals surface area (Å²) in [7, 11) is 2.57. The predicted octanol–water partition coefficient (Wildman–Crippen LogP) is 1.66. The van der Waals surface area contributed by atoms with Gasteiger partial charge in [-0.3, -0.25) is 4.90 Å². The standard InChI is InChI=1S/C8H14F3NO/c1-12(2)7(9)8(10,11)6-4-3-5-13-6/h6-7H,3-5H2,1-2H3. The maximum absolute atomic E-state index is 13.2. The predicted molar refractivity (Wildman–Crippen MR) is 42.5 cm³/mol. The molecule has 1 fully saturated rings. The van der Waals surface area contributed by atoms with Crippen LogP contribution in [0.15, 0.2) is 0 Å². The van der Waals surface area contributed by atoms with Gasteiger partial charge in [0.05, 0.1) is 0 Å². The molecule has 0 bridgehead atoms. The molecule has 1 rings (SSSR count). The molecule has 1 heterocycles. The van der Waals surface area contributed by atoms with Crippen LogP contribution in [-0.4, -0.2) is 43.9 Å². The Morgan fingerprint density at radius 2 is 2.08 bits per heavy atom. The van der Waals surface area contributed by atoms with Gasteiger partial charge in [0.15, 0.2) is 0 Å². The van der Waals surface area contributed by atoms with E-state index in [-0.39, 0.29) is 6.42 Å². The Balaban J connectivity index is 2.62. The number of hydrogen-bond acceptors (Lipinski definition) is 2. The monoisotopic (exact) mass is 197 g/mol. The van der Waals surface area contributed by atoms with Crippen molar-refractivity contribution in [2.45, 2.75) is 31.2 Å². The highest BCUT2D eigenvalue weighted by atomic mass is 19.3. The summed E-state index contributed by atoms with van der Waals surface area (Å²) in [5, 5.41) is 0. The number of ether oxygens (including phenoxy) is 1. The van der Waals surface area contributed by atoms with E-state index in [4.69, 9.17) is 4.74 Å². The fourth-order valence-electron chi connectivity index (χ4n) is 1.38. The Morgan fingerprint density at radius 3 is 2.46 bits per heavy atom. The van der Waals surface area contributed by atoms with E-state index in [0.717, 1.165) is 4.90 Å². The highest BCUT2D eigenvalue weighted by Gasteiger charge is 2.50. The molecule has 1 saturated heterocycles. The van der Waals surface area contributed by atoms with Crippen LogP contribution in [0.4, 0.5) is 13.2 Å². The van der Waals surface area contributed by atoms with Gasteiger partial charge < -0.3 is 4.74 Å². The molecule has 2 nitrogen and oxygen atoms in total. The Hall–Kier alpha value is -0.290. The Kier molecular flexibility index (Phi) is 3.18. The van der Waals surface area contributed by atoms with Crippen molar-refractivity contribution in [3.8, 4) is 0 Å². The molecule has 5 heteroatoms. The Bertz CT molecular complexity index is 165. The number of nitrogens with zero attached hydrogens (tertiary/aromatic N) is 1. The molecule has 1 aliphatic rings. The van der Waals surface area contributed by atoms with Crippen LogP contribution in [-0.2, 0) is 4.74 Å². The molecule has 0 aromatic heterocycles. The van der Waals surface area contributed by atoms with Crippen molar-refractivity contribution in [3.05, 3.63) is 0 Å². The van der Waals surface area contributed by atoms with E-state index in [1.54, 1.807) is 0 Å². The third-order valence-corrected chi connectivity index (χ3v) is 2.13. The summed E-state index contributed by atoms with van der Waals surface area (Å²) in [6, 6.07) is 0. The lowest BCUT2D eigenvalue weighted by molar-refractivity contribution is -0.190. The zero-order valence-electron chi connectivity index (χ0n) is 7.77. The molecule has 0 radical (unpaired) electrons. The Labute approximate surface area is 75.7 Å². The molecular weight excluding hydrogens is 183 g/mol. The van der Waals surface area contributed by atoms with E-state index < -0.39 is 18.3 Å². The fraction of sp³-hybridized carbons (Fsp3) is 1.00. The van der Waals surface area contributed by atoms with Crippen molar-refractivity contribution in [2.75, 3.05) is 20.7 Å². The summed E-state index contributed by atoms with van der Waals surface area (Å²) >= 11 is 0. The first-order valence-electron chi connectivity index (χ1n) is 4.26. The van der Waals surface area contributed by atoms with E-state index in [1.807, 2.05) is 0 Å². The van der Waals surface area contributed by atoms with Crippen molar-refractivity contribution in [1.29, 1.82) is 0 Å². The first-order valence-corrected chi connectivity index (χ1v) is 4.26. The van der Waals surface area contributed by atoms with E-state index in [9.17, 15) is 13.2 Å². The molecule has 0 aliphatic carbocycles. The zero-order valence-corrected chi connectivity index (χ0v) is 7.77. The van der Waals surface area contributed by atoms with Gasteiger partial charge in [-0.25, -0.2) is 4.39 Å². The lowest BCUT2D eigenvalue weighted by Crippen LogP contribution is -2.48. The molecule has 0 saturated carbocycles. The smallest absolute Gasteiger partial charge is 0.317 e. The van der Waals surface area contributed by atoms with Crippen LogP contribution in [0.1, 0.15) is 12.8 Å². The van der Waals surface area contributed by atoms with Crippen molar-refractivity contribution in [2.24, 2.45) is 0 Å². The summed E-state index contributed by atoms with van der Waals surface area (Å²) in [6.07, 6.45) is -2.71. The lowest BCUT2D eigenvalue weighted by Gasteiger charge is -2.29. The van der Waals surface area contributed by atoms with Crippen molar-refractivity contribution >= 4 is 0 Å². The molecule has 0 N–H and O–H groups in total. The minimum atomic E-state index is -3.40. The second-order valence-electron chi connectivity index (χ2n) is 3.48. The molecule has 13 heavy (non-hydrogen) atoms. The van der Waals surface area contributed by atoms with E-state index in [2.05, 4.69) is 0 Å². The first kappa shape index (κ1) is 10.8. The first-order chi connectivity index (χ1) is 5.96. The van der Waals surface area contributed by atoms with Crippen LogP contribution in [0.3, 0.4) is 0 Å². The van der Waals surface area contributed by atoms with Crippen LogP contribution in [0.5, 0.6) is 0 Å². The number of rotatable bonds is 3. The van der Waals surface area contributed by atoms with Gasteiger partial charge in [0.25, 0.3) is 0 Å². The molecule has 78 valence electrons. The third kappa shape index (κ3) is 2.14. The maximum atomic E-state index is 13.2. The topological polar surface area (TPSA) is 12.5 Å². The third-order valence-electron chi connectivity index (χ3n) is 2.13. The maximum Gasteiger partial charge on any atom is 0.317 e. The molecule has 0 aromatic rings. The van der Waals surface area contributed by atoms with Crippen molar-refractivity contribution < 1.29 is 17.9 Å². The number of halogens is 3. The van der Waals surface area contributed by atoms with Gasteiger partial charge in [-0.1, -0.05) is 0 Å². The van der Waals surface area contributed by atoms with Crippen LogP contribution >= 0.6 is 0 Å². The van der Waals surface area contributed by atoms with Gasteiger partial charge >= 0.3 is 5.92 Å². The fourth-order valence-corrected chi connectivity index (χ4v) is 1.38. The summed E-state index contributed by atoms with van der Waals surface area (Å²) in [5.41, 5.74) is 0.